The zero-order valence-corrected chi connectivity index (χ0v) is 10.3. The van der Waals surface area contributed by atoms with E-state index in [0.717, 1.165) is 18.8 Å². The minimum absolute atomic E-state index is 0.140. The molecule has 2 aromatic heterocycles. The van der Waals surface area contributed by atoms with Crippen LogP contribution >= 0.6 is 11.3 Å². The van der Waals surface area contributed by atoms with Gasteiger partial charge in [0.1, 0.15) is 18.2 Å². The van der Waals surface area contributed by atoms with Crippen molar-refractivity contribution in [2.24, 2.45) is 0 Å². The molecule has 5 heteroatoms. The van der Waals surface area contributed by atoms with Crippen LogP contribution in [-0.4, -0.2) is 21.7 Å². The number of aromatic nitrogens is 3. The Bertz CT molecular complexity index is 421. The first-order valence-corrected chi connectivity index (χ1v) is 6.28. The van der Waals surface area contributed by atoms with Crippen molar-refractivity contribution in [1.29, 1.82) is 0 Å². The molecule has 0 radical (unpaired) electrons. The second-order valence-electron chi connectivity index (χ2n) is 3.71. The Balaban J connectivity index is 2.21. The van der Waals surface area contributed by atoms with Gasteiger partial charge in [-0.3, -0.25) is 5.10 Å². The van der Waals surface area contributed by atoms with Gasteiger partial charge in [-0.2, -0.15) is 5.10 Å². The van der Waals surface area contributed by atoms with Gasteiger partial charge in [-0.1, -0.05) is 6.92 Å². The number of nitrogens with zero attached hydrogens (tertiary/aromatic N) is 2. The molecule has 2 rings (SSSR count). The van der Waals surface area contributed by atoms with Gasteiger partial charge in [-0.25, -0.2) is 4.98 Å². The van der Waals surface area contributed by atoms with Gasteiger partial charge in [0.05, 0.1) is 0 Å². The number of hydrogen-bond acceptors (Lipinski definition) is 4. The lowest BCUT2D eigenvalue weighted by atomic mass is 10.2. The smallest absolute Gasteiger partial charge is 0.146 e. The molecule has 4 nitrogen and oxygen atoms in total. The van der Waals surface area contributed by atoms with Crippen LogP contribution in [0.25, 0.3) is 0 Å². The molecule has 2 N–H and O–H groups in total. The summed E-state index contributed by atoms with van der Waals surface area (Å²) in [4.78, 5) is 6.83. The highest BCUT2D eigenvalue weighted by Crippen LogP contribution is 2.25. The van der Waals surface area contributed by atoms with Crippen molar-refractivity contribution in [2.75, 3.05) is 6.54 Å². The largest absolute Gasteiger partial charge is 0.303 e. The van der Waals surface area contributed by atoms with Gasteiger partial charge in [0.25, 0.3) is 0 Å². The number of H-pyrrole nitrogens is 1. The molecule has 0 aromatic carbocycles. The summed E-state index contributed by atoms with van der Waals surface area (Å²) in [7, 11) is 0. The summed E-state index contributed by atoms with van der Waals surface area (Å²) in [6.45, 7) is 5.25. The zero-order valence-electron chi connectivity index (χ0n) is 9.53. The number of thiophene rings is 1. The summed E-state index contributed by atoms with van der Waals surface area (Å²) in [5.41, 5.74) is 0. The van der Waals surface area contributed by atoms with Gasteiger partial charge in [-0.05, 0) is 32.0 Å². The quantitative estimate of drug-likeness (QED) is 0.837. The number of rotatable bonds is 5. The van der Waals surface area contributed by atoms with Crippen molar-refractivity contribution < 1.29 is 0 Å². The molecule has 0 amide bonds. The molecule has 0 aliphatic heterocycles. The number of nitrogens with one attached hydrogen (secondary N) is 2. The van der Waals surface area contributed by atoms with Crippen molar-refractivity contribution in [3.63, 3.8) is 0 Å². The Morgan fingerprint density at radius 1 is 1.50 bits per heavy atom. The zero-order chi connectivity index (χ0) is 11.4. The minimum atomic E-state index is 0.140. The first-order valence-electron chi connectivity index (χ1n) is 5.46. The standard InChI is InChI=1S/C11H16N4S/c1-3-6-12-10(11-13-7-14-15-11)9-5-4-8(2)16-9/h4-5,7,10,12H,3,6H2,1-2H3,(H,13,14,15). The van der Waals surface area contributed by atoms with E-state index in [0.29, 0.717) is 0 Å². The molecule has 0 bridgehead atoms. The number of hydrogen-bond donors (Lipinski definition) is 2. The Hall–Kier alpha value is -1.20. The van der Waals surface area contributed by atoms with E-state index in [1.54, 1.807) is 17.7 Å². The maximum Gasteiger partial charge on any atom is 0.146 e. The number of aryl methyl sites for hydroxylation is 1. The van der Waals surface area contributed by atoms with Crippen molar-refractivity contribution in [2.45, 2.75) is 26.3 Å². The van der Waals surface area contributed by atoms with Gasteiger partial charge < -0.3 is 5.32 Å². The first kappa shape index (κ1) is 11.3. The van der Waals surface area contributed by atoms with Gasteiger partial charge >= 0.3 is 0 Å². The summed E-state index contributed by atoms with van der Waals surface area (Å²) in [5, 5.41) is 10.3. The Labute approximate surface area is 99.1 Å². The van der Waals surface area contributed by atoms with Crippen LogP contribution < -0.4 is 5.32 Å². The van der Waals surface area contributed by atoms with E-state index in [1.807, 2.05) is 0 Å². The summed E-state index contributed by atoms with van der Waals surface area (Å²) in [6.07, 6.45) is 2.66. The fourth-order valence-electron chi connectivity index (χ4n) is 1.58. The van der Waals surface area contributed by atoms with Gasteiger partial charge in [0.2, 0.25) is 0 Å². The van der Waals surface area contributed by atoms with Gasteiger partial charge in [0, 0.05) is 9.75 Å². The van der Waals surface area contributed by atoms with Crippen LogP contribution in [0.5, 0.6) is 0 Å². The molecule has 1 unspecified atom stereocenters. The van der Waals surface area contributed by atoms with Crippen LogP contribution in [0, 0.1) is 6.92 Å². The third-order valence-corrected chi connectivity index (χ3v) is 3.42. The Morgan fingerprint density at radius 2 is 2.38 bits per heavy atom. The predicted molar refractivity (Wildman–Crippen MR) is 65.6 cm³/mol. The maximum atomic E-state index is 4.23. The lowest BCUT2D eigenvalue weighted by Gasteiger charge is -2.13. The molecule has 0 aliphatic carbocycles. The molecule has 0 saturated carbocycles. The second-order valence-corrected chi connectivity index (χ2v) is 5.03. The second kappa shape index (κ2) is 5.23. The third kappa shape index (κ3) is 2.48. The van der Waals surface area contributed by atoms with Crippen molar-refractivity contribution in [3.05, 3.63) is 34.0 Å². The highest BCUT2D eigenvalue weighted by atomic mass is 32.1. The predicted octanol–water partition coefficient (Wildman–Crippen LogP) is 2.26. The molecule has 16 heavy (non-hydrogen) atoms. The topological polar surface area (TPSA) is 53.6 Å². The fraction of sp³-hybridized carbons (Fsp3) is 0.455. The molecule has 2 heterocycles. The SMILES string of the molecule is CCCNC(c1ncn[nH]1)c1ccc(C)s1. The molecule has 1 atom stereocenters. The van der Waals surface area contributed by atoms with Crippen LogP contribution in [0.4, 0.5) is 0 Å². The van der Waals surface area contributed by atoms with Crippen LogP contribution in [0.1, 0.15) is 35.0 Å². The van der Waals surface area contributed by atoms with E-state index in [-0.39, 0.29) is 6.04 Å². The normalized spacial score (nSPS) is 12.9. The average Bonchev–Trinajstić information content (AvgIpc) is 2.91. The highest BCUT2D eigenvalue weighted by Gasteiger charge is 2.17. The van der Waals surface area contributed by atoms with E-state index in [4.69, 9.17) is 0 Å². The van der Waals surface area contributed by atoms with Crippen LogP contribution in [0.15, 0.2) is 18.5 Å². The maximum absolute atomic E-state index is 4.23. The summed E-state index contributed by atoms with van der Waals surface area (Å²) >= 11 is 1.79. The van der Waals surface area contributed by atoms with Crippen molar-refractivity contribution in [3.8, 4) is 0 Å². The molecular weight excluding hydrogens is 220 g/mol. The average molecular weight is 236 g/mol. The third-order valence-electron chi connectivity index (χ3n) is 2.35. The monoisotopic (exact) mass is 236 g/mol. The van der Waals surface area contributed by atoms with E-state index in [2.05, 4.69) is 46.5 Å². The van der Waals surface area contributed by atoms with Crippen LogP contribution in [0.2, 0.25) is 0 Å². The lowest BCUT2D eigenvalue weighted by Crippen LogP contribution is -2.23. The van der Waals surface area contributed by atoms with Crippen LogP contribution in [0.3, 0.4) is 0 Å². The van der Waals surface area contributed by atoms with Crippen LogP contribution in [-0.2, 0) is 0 Å². The number of aromatic amines is 1. The molecule has 0 saturated heterocycles. The minimum Gasteiger partial charge on any atom is -0.303 e. The summed E-state index contributed by atoms with van der Waals surface area (Å²) < 4.78 is 0. The van der Waals surface area contributed by atoms with Gasteiger partial charge in [-0.15, -0.1) is 11.3 Å². The molecule has 2 aromatic rings. The van der Waals surface area contributed by atoms with Crippen molar-refractivity contribution >= 4 is 11.3 Å². The highest BCUT2D eigenvalue weighted by molar-refractivity contribution is 7.12. The Kier molecular flexibility index (Phi) is 3.69. The van der Waals surface area contributed by atoms with E-state index < -0.39 is 0 Å². The summed E-state index contributed by atoms with van der Waals surface area (Å²) in [5.74, 6) is 0.885. The van der Waals surface area contributed by atoms with E-state index in [9.17, 15) is 0 Å². The van der Waals surface area contributed by atoms with E-state index in [1.165, 1.54) is 9.75 Å². The molecule has 0 aliphatic rings. The van der Waals surface area contributed by atoms with Gasteiger partial charge in [0.15, 0.2) is 0 Å². The fourth-order valence-corrected chi connectivity index (χ4v) is 2.54. The molecule has 0 spiro atoms. The molecule has 86 valence electrons. The van der Waals surface area contributed by atoms with E-state index >= 15 is 0 Å². The first-order chi connectivity index (χ1) is 7.81. The lowest BCUT2D eigenvalue weighted by molar-refractivity contribution is 0.581. The van der Waals surface area contributed by atoms with Crippen molar-refractivity contribution in [1.82, 2.24) is 20.5 Å². The molecular formula is C11H16N4S. The Morgan fingerprint density at radius 3 is 2.94 bits per heavy atom. The molecule has 0 fully saturated rings. The summed E-state index contributed by atoms with van der Waals surface area (Å²) in [6, 6.07) is 4.42.